The fraction of sp³-hybridized carbons (Fsp3) is 0.273. The molecule has 2 aromatic heterocycles. The van der Waals surface area contributed by atoms with Gasteiger partial charge >= 0.3 is 0 Å². The van der Waals surface area contributed by atoms with E-state index in [1.165, 1.54) is 11.3 Å². The molecule has 0 aliphatic carbocycles. The fourth-order valence-corrected chi connectivity index (χ4v) is 4.02. The Bertz CT molecular complexity index is 1040. The number of rotatable bonds is 5. The largest absolute Gasteiger partial charge is 0.397 e. The predicted molar refractivity (Wildman–Crippen MR) is 127 cm³/mol. The van der Waals surface area contributed by atoms with Gasteiger partial charge in [0, 0.05) is 48.8 Å². The first kappa shape index (κ1) is 23.6. The van der Waals surface area contributed by atoms with E-state index in [0.717, 1.165) is 30.8 Å². The lowest BCUT2D eigenvalue weighted by atomic mass is 10.2. The Morgan fingerprint density at radius 3 is 2.56 bits per heavy atom. The predicted octanol–water partition coefficient (Wildman–Crippen LogP) is 3.39. The number of halogens is 1. The second-order valence-corrected chi connectivity index (χ2v) is 8.08. The summed E-state index contributed by atoms with van der Waals surface area (Å²) in [6, 6.07) is 11.0. The third kappa shape index (κ3) is 6.03. The average molecular weight is 474 g/mol. The number of benzene rings is 1. The molecule has 8 nitrogen and oxygen atoms in total. The first-order valence-electron chi connectivity index (χ1n) is 10.1. The van der Waals surface area contributed by atoms with Gasteiger partial charge in [0.1, 0.15) is 5.69 Å². The fourth-order valence-electron chi connectivity index (χ4n) is 3.08. The van der Waals surface area contributed by atoms with Gasteiger partial charge in [0.15, 0.2) is 5.13 Å². The van der Waals surface area contributed by atoms with Gasteiger partial charge in [0.25, 0.3) is 5.91 Å². The Balaban J connectivity index is 0.000000913. The molecule has 0 saturated carbocycles. The molecule has 0 bridgehead atoms. The second kappa shape index (κ2) is 11.6. The molecule has 10 heteroatoms. The van der Waals surface area contributed by atoms with Crippen LogP contribution in [0.25, 0.3) is 11.3 Å². The van der Waals surface area contributed by atoms with E-state index >= 15 is 0 Å². The highest BCUT2D eigenvalue weighted by Gasteiger charge is 2.17. The average Bonchev–Trinajstić information content (AvgIpc) is 3.28. The van der Waals surface area contributed by atoms with Crippen molar-refractivity contribution in [3.05, 3.63) is 58.7 Å². The number of hydrogen-bond donors (Lipinski definition) is 2. The number of aliphatic hydroxyl groups excluding tert-OH is 1. The summed E-state index contributed by atoms with van der Waals surface area (Å²) in [7, 11) is 0. The van der Waals surface area contributed by atoms with Gasteiger partial charge in [-0.1, -0.05) is 29.8 Å². The van der Waals surface area contributed by atoms with Gasteiger partial charge in [0.2, 0.25) is 6.41 Å². The van der Waals surface area contributed by atoms with Gasteiger partial charge < -0.3 is 14.9 Å². The van der Waals surface area contributed by atoms with Crippen LogP contribution in [-0.2, 0) is 4.79 Å². The first-order chi connectivity index (χ1) is 15.5. The van der Waals surface area contributed by atoms with Crippen molar-refractivity contribution >= 4 is 46.1 Å². The van der Waals surface area contributed by atoms with Crippen molar-refractivity contribution in [2.75, 3.05) is 43.0 Å². The zero-order chi connectivity index (χ0) is 22.9. The van der Waals surface area contributed by atoms with Gasteiger partial charge in [-0.05, 0) is 25.1 Å². The molecule has 0 radical (unpaired) electrons. The molecule has 0 atom stereocenters. The molecule has 0 spiro atoms. The molecule has 3 heterocycles. The summed E-state index contributed by atoms with van der Waals surface area (Å²) in [5.74, 6) is -0.317. The minimum Gasteiger partial charge on any atom is -0.397 e. The van der Waals surface area contributed by atoms with E-state index in [9.17, 15) is 9.59 Å². The SMILES string of the molecule is CCO.O=CN1CCN(c2ccc(C(=O)Nc3nc(-c4ccccc4Cl)cs3)nc2)CC1. The maximum atomic E-state index is 12.5. The van der Waals surface area contributed by atoms with Crippen LogP contribution in [0.1, 0.15) is 17.4 Å². The van der Waals surface area contributed by atoms with Gasteiger partial charge in [-0.15, -0.1) is 11.3 Å². The Hall–Kier alpha value is -3.01. The molecule has 3 aromatic rings. The number of carbonyl (C=O) groups excluding carboxylic acids is 2. The molecule has 32 heavy (non-hydrogen) atoms. The van der Waals surface area contributed by atoms with Crippen LogP contribution in [0.15, 0.2) is 48.0 Å². The molecule has 1 saturated heterocycles. The monoisotopic (exact) mass is 473 g/mol. The van der Waals surface area contributed by atoms with Gasteiger partial charge in [0.05, 0.1) is 17.6 Å². The number of amides is 2. The number of piperazine rings is 1. The molecular formula is C22H24ClN5O3S. The number of carbonyl (C=O) groups is 2. The molecule has 2 N–H and O–H groups in total. The van der Waals surface area contributed by atoms with E-state index in [2.05, 4.69) is 20.2 Å². The molecule has 4 rings (SSSR count). The van der Waals surface area contributed by atoms with Crippen LogP contribution in [0, 0.1) is 0 Å². The zero-order valence-corrected chi connectivity index (χ0v) is 19.1. The minimum absolute atomic E-state index is 0.250. The smallest absolute Gasteiger partial charge is 0.276 e. The third-order valence-corrected chi connectivity index (χ3v) is 5.77. The maximum Gasteiger partial charge on any atom is 0.276 e. The highest BCUT2D eigenvalue weighted by Crippen LogP contribution is 2.30. The minimum atomic E-state index is -0.317. The number of pyridine rings is 1. The lowest BCUT2D eigenvalue weighted by molar-refractivity contribution is -0.118. The standard InChI is InChI=1S/C20H18ClN5O2S.C2H6O/c21-16-4-2-1-3-15(16)18-12-29-20(23-18)24-19(28)17-6-5-14(11-22-17)26-9-7-25(13-27)8-10-26;1-2-3/h1-6,11-13H,7-10H2,(H,23,24,28);3H,2H2,1H3. The van der Waals surface area contributed by atoms with Gasteiger partial charge in [-0.3, -0.25) is 14.9 Å². The summed E-state index contributed by atoms with van der Waals surface area (Å²) in [6.07, 6.45) is 2.56. The summed E-state index contributed by atoms with van der Waals surface area (Å²) in [6.45, 7) is 4.79. The Morgan fingerprint density at radius 2 is 1.94 bits per heavy atom. The number of nitrogens with one attached hydrogen (secondary N) is 1. The molecular weight excluding hydrogens is 450 g/mol. The van der Waals surface area contributed by atoms with Crippen LogP contribution >= 0.6 is 22.9 Å². The summed E-state index contributed by atoms with van der Waals surface area (Å²) in [4.78, 5) is 35.9. The van der Waals surface area contributed by atoms with Crippen LogP contribution < -0.4 is 10.2 Å². The summed E-state index contributed by atoms with van der Waals surface area (Å²) in [5.41, 5.74) is 2.79. The number of aliphatic hydroxyl groups is 1. The first-order valence-corrected chi connectivity index (χ1v) is 11.3. The number of thiazole rings is 1. The molecule has 1 aromatic carbocycles. The van der Waals surface area contributed by atoms with E-state index < -0.39 is 0 Å². The maximum absolute atomic E-state index is 12.5. The molecule has 1 aliphatic heterocycles. The van der Waals surface area contributed by atoms with E-state index in [0.29, 0.717) is 34.6 Å². The van der Waals surface area contributed by atoms with Gasteiger partial charge in [-0.2, -0.15) is 0 Å². The highest BCUT2D eigenvalue weighted by atomic mass is 35.5. The van der Waals surface area contributed by atoms with E-state index in [4.69, 9.17) is 16.7 Å². The van der Waals surface area contributed by atoms with Crippen LogP contribution in [0.2, 0.25) is 5.02 Å². The van der Waals surface area contributed by atoms with Crippen molar-refractivity contribution in [2.24, 2.45) is 0 Å². The second-order valence-electron chi connectivity index (χ2n) is 6.82. The van der Waals surface area contributed by atoms with Crippen molar-refractivity contribution in [1.82, 2.24) is 14.9 Å². The van der Waals surface area contributed by atoms with Crippen molar-refractivity contribution < 1.29 is 14.7 Å². The van der Waals surface area contributed by atoms with Crippen molar-refractivity contribution in [1.29, 1.82) is 0 Å². The highest BCUT2D eigenvalue weighted by molar-refractivity contribution is 7.14. The summed E-state index contributed by atoms with van der Waals surface area (Å²) < 4.78 is 0. The van der Waals surface area contributed by atoms with Crippen LogP contribution in [0.5, 0.6) is 0 Å². The summed E-state index contributed by atoms with van der Waals surface area (Å²) >= 11 is 7.54. The lowest BCUT2D eigenvalue weighted by Crippen LogP contribution is -2.45. The van der Waals surface area contributed by atoms with Crippen LogP contribution in [0.3, 0.4) is 0 Å². The van der Waals surface area contributed by atoms with Crippen LogP contribution in [-0.4, -0.2) is 65.1 Å². The normalized spacial score (nSPS) is 13.2. The Labute approximate surface area is 195 Å². The molecule has 1 fully saturated rings. The third-order valence-electron chi connectivity index (χ3n) is 4.68. The number of nitrogens with zero attached hydrogens (tertiary/aromatic N) is 4. The van der Waals surface area contributed by atoms with Gasteiger partial charge in [-0.25, -0.2) is 9.97 Å². The van der Waals surface area contributed by atoms with E-state index in [-0.39, 0.29) is 12.5 Å². The Kier molecular flexibility index (Phi) is 8.55. The molecule has 1 aliphatic rings. The topological polar surface area (TPSA) is 98.7 Å². The Morgan fingerprint density at radius 1 is 1.22 bits per heavy atom. The van der Waals surface area contributed by atoms with Crippen molar-refractivity contribution in [3.63, 3.8) is 0 Å². The molecule has 2 amide bonds. The zero-order valence-electron chi connectivity index (χ0n) is 17.6. The molecule has 168 valence electrons. The van der Waals surface area contributed by atoms with Crippen molar-refractivity contribution in [2.45, 2.75) is 6.92 Å². The van der Waals surface area contributed by atoms with E-state index in [1.54, 1.807) is 30.2 Å². The number of anilines is 2. The summed E-state index contributed by atoms with van der Waals surface area (Å²) in [5, 5.41) is 13.3. The lowest BCUT2D eigenvalue weighted by Gasteiger charge is -2.33. The molecule has 0 unspecified atom stereocenters. The quantitative estimate of drug-likeness (QED) is 0.551. The van der Waals surface area contributed by atoms with Crippen LogP contribution in [0.4, 0.5) is 10.8 Å². The van der Waals surface area contributed by atoms with E-state index in [1.807, 2.05) is 29.6 Å². The number of aromatic nitrogens is 2. The number of hydrogen-bond acceptors (Lipinski definition) is 7. The van der Waals surface area contributed by atoms with Crippen molar-refractivity contribution in [3.8, 4) is 11.3 Å².